The van der Waals surface area contributed by atoms with E-state index in [1.165, 1.54) is 29.1 Å². The van der Waals surface area contributed by atoms with Gasteiger partial charge < -0.3 is 10.1 Å². The highest BCUT2D eigenvalue weighted by atomic mass is 32.1. The number of hydrogen-bond donors (Lipinski definition) is 1. The average molecular weight is 405 g/mol. The molecule has 1 aromatic carbocycles. The van der Waals surface area contributed by atoms with Crippen LogP contribution < -0.4 is 10.1 Å². The van der Waals surface area contributed by atoms with Crippen molar-refractivity contribution in [2.75, 3.05) is 19.0 Å². The maximum Gasteiger partial charge on any atom is 0.209 e. The fourth-order valence-corrected chi connectivity index (χ4v) is 5.12. The van der Waals surface area contributed by atoms with Gasteiger partial charge in [-0.15, -0.1) is 16.4 Å². The summed E-state index contributed by atoms with van der Waals surface area (Å²) in [5.41, 5.74) is 0.972. The van der Waals surface area contributed by atoms with Crippen molar-refractivity contribution in [2.24, 2.45) is 0 Å². The van der Waals surface area contributed by atoms with Crippen molar-refractivity contribution in [3.05, 3.63) is 50.6 Å². The van der Waals surface area contributed by atoms with Gasteiger partial charge in [0.25, 0.3) is 0 Å². The van der Waals surface area contributed by atoms with Gasteiger partial charge in [-0.25, -0.2) is 4.68 Å². The Morgan fingerprint density at radius 1 is 1.31 bits per heavy atom. The van der Waals surface area contributed by atoms with E-state index < -0.39 is 0 Å². The molecule has 1 fully saturated rings. The Bertz CT molecular complexity index is 901. The molecule has 1 N–H and O–H groups in total. The van der Waals surface area contributed by atoms with Crippen LogP contribution in [0, 0.1) is 3.95 Å². The van der Waals surface area contributed by atoms with Crippen molar-refractivity contribution >= 4 is 45.7 Å². The van der Waals surface area contributed by atoms with E-state index in [9.17, 15) is 0 Å². The van der Waals surface area contributed by atoms with Crippen LogP contribution in [0.1, 0.15) is 23.8 Å². The van der Waals surface area contributed by atoms with Crippen LogP contribution in [0.3, 0.4) is 0 Å². The number of aromatic nitrogens is 2. The number of thiophene rings is 1. The molecule has 0 saturated carbocycles. The van der Waals surface area contributed by atoms with Gasteiger partial charge >= 0.3 is 0 Å². The first-order chi connectivity index (χ1) is 12.7. The van der Waals surface area contributed by atoms with E-state index in [2.05, 4.69) is 32.8 Å². The second-order valence-electron chi connectivity index (χ2n) is 6.15. The molecule has 0 radical (unpaired) electrons. The highest BCUT2D eigenvalue weighted by Gasteiger charge is 2.27. The van der Waals surface area contributed by atoms with Crippen LogP contribution in [-0.4, -0.2) is 28.3 Å². The van der Waals surface area contributed by atoms with E-state index in [1.807, 2.05) is 40.3 Å². The Labute approximate surface area is 165 Å². The zero-order chi connectivity index (χ0) is 17.9. The summed E-state index contributed by atoms with van der Waals surface area (Å²) in [5, 5.41) is 11.0. The molecule has 1 saturated heterocycles. The molecule has 5 nitrogen and oxygen atoms in total. The second kappa shape index (κ2) is 7.87. The van der Waals surface area contributed by atoms with E-state index in [0.717, 1.165) is 33.7 Å². The molecule has 0 aliphatic carbocycles. The molecule has 1 atom stereocenters. The van der Waals surface area contributed by atoms with Crippen LogP contribution in [0.2, 0.25) is 0 Å². The van der Waals surface area contributed by atoms with Gasteiger partial charge in [-0.05, 0) is 60.8 Å². The lowest BCUT2D eigenvalue weighted by Gasteiger charge is -2.23. The summed E-state index contributed by atoms with van der Waals surface area (Å²) in [6.45, 7) is 1.82. The van der Waals surface area contributed by atoms with Crippen molar-refractivity contribution in [1.82, 2.24) is 14.7 Å². The molecule has 136 valence electrons. The van der Waals surface area contributed by atoms with Crippen LogP contribution >= 0.6 is 34.9 Å². The lowest BCUT2D eigenvalue weighted by molar-refractivity contribution is 0.193. The van der Waals surface area contributed by atoms with Gasteiger partial charge in [-0.2, -0.15) is 0 Å². The number of nitrogens with one attached hydrogen (secondary N) is 1. The molecular formula is C18H20N4OS3. The predicted molar refractivity (Wildman–Crippen MR) is 110 cm³/mol. The summed E-state index contributed by atoms with van der Waals surface area (Å²) in [7, 11) is 1.66. The second-order valence-corrected chi connectivity index (χ2v) is 8.76. The summed E-state index contributed by atoms with van der Waals surface area (Å²) < 4.78 is 7.91. The summed E-state index contributed by atoms with van der Waals surface area (Å²) in [4.78, 5) is 3.90. The number of nitrogens with zero attached hydrogens (tertiary/aromatic N) is 3. The van der Waals surface area contributed by atoms with Gasteiger partial charge in [0.15, 0.2) is 3.95 Å². The molecule has 3 aromatic rings. The number of rotatable bonds is 6. The van der Waals surface area contributed by atoms with Crippen molar-refractivity contribution < 1.29 is 4.74 Å². The number of likely N-dealkylation sites (tertiary alicyclic amines) is 1. The largest absolute Gasteiger partial charge is 0.497 e. The Balaban J connectivity index is 1.47. The zero-order valence-corrected chi connectivity index (χ0v) is 16.9. The molecule has 0 amide bonds. The van der Waals surface area contributed by atoms with Crippen LogP contribution in [0.5, 0.6) is 5.75 Å². The number of ether oxygens (including phenoxy) is 1. The van der Waals surface area contributed by atoms with Crippen molar-refractivity contribution in [3.63, 3.8) is 0 Å². The fraction of sp³-hybridized carbons (Fsp3) is 0.333. The minimum Gasteiger partial charge on any atom is -0.497 e. The molecule has 4 rings (SSSR count). The first-order valence-electron chi connectivity index (χ1n) is 8.49. The van der Waals surface area contributed by atoms with Crippen molar-refractivity contribution in [2.45, 2.75) is 25.6 Å². The van der Waals surface area contributed by atoms with Gasteiger partial charge in [-0.1, -0.05) is 17.4 Å². The van der Waals surface area contributed by atoms with Crippen LogP contribution in [-0.2, 0) is 6.67 Å². The van der Waals surface area contributed by atoms with Gasteiger partial charge in [0.2, 0.25) is 5.13 Å². The molecule has 1 aliphatic heterocycles. The number of anilines is 2. The van der Waals surface area contributed by atoms with Gasteiger partial charge in [-0.3, -0.25) is 4.90 Å². The Kier molecular flexibility index (Phi) is 5.35. The monoisotopic (exact) mass is 404 g/mol. The summed E-state index contributed by atoms with van der Waals surface area (Å²) in [5.74, 6) is 0.836. The Morgan fingerprint density at radius 2 is 2.15 bits per heavy atom. The van der Waals surface area contributed by atoms with Gasteiger partial charge in [0, 0.05) is 23.2 Å². The first-order valence-corrected chi connectivity index (χ1v) is 10.6. The Morgan fingerprint density at radius 3 is 2.88 bits per heavy atom. The zero-order valence-electron chi connectivity index (χ0n) is 14.4. The molecule has 3 heterocycles. The molecule has 0 bridgehead atoms. The van der Waals surface area contributed by atoms with Gasteiger partial charge in [0.05, 0.1) is 13.8 Å². The topological polar surface area (TPSA) is 42.3 Å². The van der Waals surface area contributed by atoms with Crippen molar-refractivity contribution in [1.29, 1.82) is 0 Å². The van der Waals surface area contributed by atoms with Crippen LogP contribution in [0.15, 0.2) is 41.8 Å². The number of benzene rings is 1. The highest BCUT2D eigenvalue weighted by Crippen LogP contribution is 2.35. The van der Waals surface area contributed by atoms with Crippen molar-refractivity contribution in [3.8, 4) is 5.75 Å². The quantitative estimate of drug-likeness (QED) is 0.566. The third kappa shape index (κ3) is 3.83. The minimum absolute atomic E-state index is 0.483. The third-order valence-electron chi connectivity index (χ3n) is 4.50. The third-order valence-corrected chi connectivity index (χ3v) is 6.70. The molecule has 2 aromatic heterocycles. The predicted octanol–water partition coefficient (Wildman–Crippen LogP) is 5.28. The normalized spacial score (nSPS) is 17.5. The molecule has 1 unspecified atom stereocenters. The van der Waals surface area contributed by atoms with Gasteiger partial charge in [0.1, 0.15) is 5.75 Å². The standard InChI is InChI=1S/C18H20N4OS3/c1-23-14-8-6-13(7-9-14)19-17-20-22(18(24)26-17)12-21-10-2-4-15(21)16-5-3-11-25-16/h3,5-9,11,15H,2,4,10,12H2,1H3,(H,19,20). The Hall–Kier alpha value is -1.74. The molecular weight excluding hydrogens is 384 g/mol. The summed E-state index contributed by atoms with van der Waals surface area (Å²) in [6.07, 6.45) is 2.42. The van der Waals surface area contributed by atoms with E-state index in [4.69, 9.17) is 17.0 Å². The maximum absolute atomic E-state index is 5.54. The SMILES string of the molecule is COc1ccc(Nc2nn(CN3CCCC3c3cccs3)c(=S)s2)cc1. The van der Waals surface area contributed by atoms with E-state index in [-0.39, 0.29) is 0 Å². The van der Waals surface area contributed by atoms with E-state index >= 15 is 0 Å². The lowest BCUT2D eigenvalue weighted by atomic mass is 10.2. The fourth-order valence-electron chi connectivity index (χ4n) is 3.21. The molecule has 0 spiro atoms. The summed E-state index contributed by atoms with van der Waals surface area (Å²) >= 11 is 8.87. The lowest BCUT2D eigenvalue weighted by Crippen LogP contribution is -2.26. The van der Waals surface area contributed by atoms with E-state index in [1.54, 1.807) is 7.11 Å². The molecule has 26 heavy (non-hydrogen) atoms. The first kappa shape index (κ1) is 17.7. The smallest absolute Gasteiger partial charge is 0.209 e. The minimum atomic E-state index is 0.483. The highest BCUT2D eigenvalue weighted by molar-refractivity contribution is 7.73. The van der Waals surface area contributed by atoms with Crippen LogP contribution in [0.4, 0.5) is 10.8 Å². The average Bonchev–Trinajstić information content (AvgIpc) is 3.38. The van der Waals surface area contributed by atoms with Crippen LogP contribution in [0.25, 0.3) is 0 Å². The molecule has 8 heteroatoms. The summed E-state index contributed by atoms with van der Waals surface area (Å²) in [6, 6.07) is 12.6. The van der Waals surface area contributed by atoms with E-state index in [0.29, 0.717) is 6.04 Å². The molecule has 1 aliphatic rings. The number of hydrogen-bond acceptors (Lipinski definition) is 7. The number of methoxy groups -OCH3 is 1. The maximum atomic E-state index is 5.54.